The van der Waals surface area contributed by atoms with Gasteiger partial charge in [-0.05, 0) is 24.6 Å². The number of anilines is 1. The van der Waals surface area contributed by atoms with E-state index in [2.05, 4.69) is 15.3 Å². The number of hydrogen-bond acceptors (Lipinski definition) is 6. The molecule has 0 atom stereocenters. The number of rotatable bonds is 6. The molecule has 0 radical (unpaired) electrons. The first-order valence-electron chi connectivity index (χ1n) is 8.69. The second-order valence-electron chi connectivity index (χ2n) is 6.11. The molecule has 3 aromatic rings. The SMILES string of the molecule is COc1ccc(C)cc1NC(=O)CSc1nc(-c2ccccc2)c(C#N)c(=O)[nH]1. The van der Waals surface area contributed by atoms with E-state index in [0.717, 1.165) is 17.3 Å². The van der Waals surface area contributed by atoms with Crippen LogP contribution in [0.2, 0.25) is 0 Å². The van der Waals surface area contributed by atoms with Gasteiger partial charge in [-0.1, -0.05) is 48.2 Å². The van der Waals surface area contributed by atoms with Gasteiger partial charge in [0.2, 0.25) is 5.91 Å². The van der Waals surface area contributed by atoms with E-state index in [1.54, 1.807) is 30.3 Å². The van der Waals surface area contributed by atoms with Crippen molar-refractivity contribution < 1.29 is 9.53 Å². The van der Waals surface area contributed by atoms with Crippen LogP contribution in [-0.4, -0.2) is 28.7 Å². The summed E-state index contributed by atoms with van der Waals surface area (Å²) in [6, 6.07) is 16.4. The smallest absolute Gasteiger partial charge is 0.270 e. The molecule has 0 saturated carbocycles. The van der Waals surface area contributed by atoms with Gasteiger partial charge < -0.3 is 15.0 Å². The largest absolute Gasteiger partial charge is 0.495 e. The molecule has 1 amide bonds. The van der Waals surface area contributed by atoms with Crippen LogP contribution in [0, 0.1) is 18.3 Å². The van der Waals surface area contributed by atoms with E-state index in [1.165, 1.54) is 7.11 Å². The highest BCUT2D eigenvalue weighted by Gasteiger charge is 2.15. The summed E-state index contributed by atoms with van der Waals surface area (Å²) in [4.78, 5) is 31.6. The Balaban J connectivity index is 1.78. The molecule has 0 aliphatic heterocycles. The molecule has 2 aromatic carbocycles. The number of hydrogen-bond donors (Lipinski definition) is 2. The third kappa shape index (κ3) is 4.83. The first kappa shape index (κ1) is 20.2. The van der Waals surface area contributed by atoms with Crippen molar-refractivity contribution in [2.24, 2.45) is 0 Å². The van der Waals surface area contributed by atoms with Crippen molar-refractivity contribution in [3.05, 3.63) is 70.0 Å². The van der Waals surface area contributed by atoms with Crippen molar-refractivity contribution in [1.29, 1.82) is 5.26 Å². The highest BCUT2D eigenvalue weighted by atomic mass is 32.2. The second kappa shape index (κ2) is 9.08. The van der Waals surface area contributed by atoms with Crippen LogP contribution in [0.3, 0.4) is 0 Å². The van der Waals surface area contributed by atoms with E-state index < -0.39 is 5.56 Å². The lowest BCUT2D eigenvalue weighted by molar-refractivity contribution is -0.113. The third-order valence-electron chi connectivity index (χ3n) is 4.03. The quantitative estimate of drug-likeness (QED) is 0.480. The van der Waals surface area contributed by atoms with Crippen LogP contribution < -0.4 is 15.6 Å². The molecule has 0 bridgehead atoms. The molecular weight excluding hydrogens is 388 g/mol. The van der Waals surface area contributed by atoms with Crippen LogP contribution in [0.25, 0.3) is 11.3 Å². The van der Waals surface area contributed by atoms with Gasteiger partial charge in [-0.2, -0.15) is 5.26 Å². The Morgan fingerprint density at radius 1 is 1.28 bits per heavy atom. The highest BCUT2D eigenvalue weighted by Crippen LogP contribution is 2.26. The molecule has 2 N–H and O–H groups in total. The van der Waals surface area contributed by atoms with Crippen molar-refractivity contribution in [2.45, 2.75) is 12.1 Å². The molecule has 29 heavy (non-hydrogen) atoms. The number of carbonyl (C=O) groups excluding carboxylic acids is 1. The van der Waals surface area contributed by atoms with Crippen LogP contribution in [0.1, 0.15) is 11.1 Å². The summed E-state index contributed by atoms with van der Waals surface area (Å²) in [7, 11) is 1.53. The summed E-state index contributed by atoms with van der Waals surface area (Å²) in [5.41, 5.74) is 1.91. The average Bonchev–Trinajstić information content (AvgIpc) is 2.72. The lowest BCUT2D eigenvalue weighted by Crippen LogP contribution is -2.17. The van der Waals surface area contributed by atoms with E-state index in [1.807, 2.05) is 31.2 Å². The summed E-state index contributed by atoms with van der Waals surface area (Å²) in [5, 5.41) is 12.4. The maximum Gasteiger partial charge on any atom is 0.270 e. The molecule has 0 saturated heterocycles. The monoisotopic (exact) mass is 406 g/mol. The van der Waals surface area contributed by atoms with Crippen molar-refractivity contribution in [1.82, 2.24) is 9.97 Å². The number of nitrogens with zero attached hydrogens (tertiary/aromatic N) is 2. The van der Waals surface area contributed by atoms with Crippen LogP contribution in [0.4, 0.5) is 5.69 Å². The van der Waals surface area contributed by atoms with E-state index in [9.17, 15) is 14.9 Å². The number of H-pyrrole nitrogens is 1. The normalized spacial score (nSPS) is 10.2. The predicted octanol–water partition coefficient (Wildman–Crippen LogP) is 3.36. The number of benzene rings is 2. The van der Waals surface area contributed by atoms with Gasteiger partial charge in [0.15, 0.2) is 5.16 Å². The fraction of sp³-hybridized carbons (Fsp3) is 0.143. The first-order valence-corrected chi connectivity index (χ1v) is 9.67. The number of nitrogens with one attached hydrogen (secondary N) is 2. The molecular formula is C21H18N4O3S. The fourth-order valence-corrected chi connectivity index (χ4v) is 3.33. The number of nitriles is 1. The van der Waals surface area contributed by atoms with Crippen LogP contribution in [0.5, 0.6) is 5.75 Å². The van der Waals surface area contributed by atoms with Crippen LogP contribution >= 0.6 is 11.8 Å². The van der Waals surface area contributed by atoms with Gasteiger partial charge in [-0.15, -0.1) is 0 Å². The Morgan fingerprint density at radius 3 is 2.72 bits per heavy atom. The summed E-state index contributed by atoms with van der Waals surface area (Å²) in [5.74, 6) is 0.317. The second-order valence-corrected chi connectivity index (χ2v) is 7.08. The minimum atomic E-state index is -0.537. The van der Waals surface area contributed by atoms with Gasteiger partial charge >= 0.3 is 0 Å². The number of aryl methyl sites for hydroxylation is 1. The molecule has 7 nitrogen and oxygen atoms in total. The molecule has 0 aliphatic rings. The van der Waals surface area contributed by atoms with Gasteiger partial charge in [0, 0.05) is 5.56 Å². The molecule has 1 heterocycles. The number of methoxy groups -OCH3 is 1. The lowest BCUT2D eigenvalue weighted by atomic mass is 10.1. The molecule has 0 spiro atoms. The predicted molar refractivity (Wildman–Crippen MR) is 112 cm³/mol. The molecule has 0 unspecified atom stereocenters. The standard InChI is InChI=1S/C21H18N4O3S/c1-13-8-9-17(28-2)16(10-13)23-18(26)12-29-21-24-19(14-6-4-3-5-7-14)15(11-22)20(27)25-21/h3-10H,12H2,1-2H3,(H,23,26)(H,24,25,27). The molecule has 0 fully saturated rings. The Kier molecular flexibility index (Phi) is 6.32. The van der Waals surface area contributed by atoms with E-state index in [-0.39, 0.29) is 22.4 Å². The van der Waals surface area contributed by atoms with Crippen molar-refractivity contribution in [3.8, 4) is 23.1 Å². The number of aromatic amines is 1. The minimum absolute atomic E-state index is 0.0279. The third-order valence-corrected chi connectivity index (χ3v) is 4.90. The summed E-state index contributed by atoms with van der Waals surface area (Å²) < 4.78 is 5.26. The van der Waals surface area contributed by atoms with Gasteiger partial charge in [-0.25, -0.2) is 4.98 Å². The lowest BCUT2D eigenvalue weighted by Gasteiger charge is -2.11. The molecule has 0 aliphatic carbocycles. The molecule has 1 aromatic heterocycles. The maximum atomic E-state index is 12.4. The Labute approximate surface area is 171 Å². The van der Waals surface area contributed by atoms with E-state index >= 15 is 0 Å². The van der Waals surface area contributed by atoms with Gasteiger partial charge in [0.25, 0.3) is 5.56 Å². The topological polar surface area (TPSA) is 108 Å². The number of amides is 1. The Bertz CT molecular complexity index is 1140. The number of carbonyl (C=O) groups is 1. The molecule has 146 valence electrons. The number of ether oxygens (including phenoxy) is 1. The number of aromatic nitrogens is 2. The zero-order valence-electron chi connectivity index (χ0n) is 15.9. The van der Waals surface area contributed by atoms with Crippen LogP contribution in [0.15, 0.2) is 58.5 Å². The van der Waals surface area contributed by atoms with Crippen LogP contribution in [-0.2, 0) is 4.79 Å². The maximum absolute atomic E-state index is 12.4. The summed E-state index contributed by atoms with van der Waals surface area (Å²) in [6.07, 6.45) is 0. The van der Waals surface area contributed by atoms with Crippen molar-refractivity contribution in [3.63, 3.8) is 0 Å². The zero-order chi connectivity index (χ0) is 20.8. The van der Waals surface area contributed by atoms with E-state index in [4.69, 9.17) is 4.74 Å². The van der Waals surface area contributed by atoms with Gasteiger partial charge in [0.05, 0.1) is 24.2 Å². The Morgan fingerprint density at radius 2 is 2.03 bits per heavy atom. The molecule has 3 rings (SSSR count). The zero-order valence-corrected chi connectivity index (χ0v) is 16.7. The Hall–Kier alpha value is -3.57. The summed E-state index contributed by atoms with van der Waals surface area (Å²) >= 11 is 1.08. The van der Waals surface area contributed by atoms with Gasteiger partial charge in [0.1, 0.15) is 17.4 Å². The molecule has 8 heteroatoms. The van der Waals surface area contributed by atoms with Crippen molar-refractivity contribution in [2.75, 3.05) is 18.2 Å². The van der Waals surface area contributed by atoms with E-state index in [0.29, 0.717) is 22.7 Å². The highest BCUT2D eigenvalue weighted by molar-refractivity contribution is 7.99. The van der Waals surface area contributed by atoms with Crippen molar-refractivity contribution >= 4 is 23.4 Å². The fourth-order valence-electron chi connectivity index (χ4n) is 2.67. The first-order chi connectivity index (χ1) is 14.0. The van der Waals surface area contributed by atoms with Gasteiger partial charge in [-0.3, -0.25) is 9.59 Å². The summed E-state index contributed by atoms with van der Waals surface area (Å²) in [6.45, 7) is 1.92. The minimum Gasteiger partial charge on any atom is -0.495 e. The average molecular weight is 406 g/mol. The number of thioether (sulfide) groups is 1.